The van der Waals surface area contributed by atoms with Crippen molar-refractivity contribution in [3.63, 3.8) is 0 Å². The Hall–Kier alpha value is -0.760. The molecule has 0 heterocycles. The van der Waals surface area contributed by atoms with Crippen molar-refractivity contribution >= 4 is 27.5 Å². The largest absolute Gasteiger partial charge is 0.399 e. The lowest BCUT2D eigenvalue weighted by Gasteiger charge is -2.18. The molecule has 1 aromatic rings. The zero-order valence-electron chi connectivity index (χ0n) is 12.2. The number of hydrogen-bond acceptors (Lipinski definition) is 5. The first-order valence-corrected chi connectivity index (χ1v) is 9.09. The maximum Gasteiger partial charge on any atom is 0.241 e. The van der Waals surface area contributed by atoms with Crippen molar-refractivity contribution in [1.29, 1.82) is 0 Å². The Kier molecular flexibility index (Phi) is 6.81. The second-order valence-electron chi connectivity index (χ2n) is 4.29. The number of benzene rings is 1. The van der Waals surface area contributed by atoms with Crippen LogP contribution >= 0.6 is 11.8 Å². The lowest BCUT2D eigenvalue weighted by molar-refractivity contribution is 0.324. The standard InChI is InChI=1S/C13H23N3O2S2/c1-4-16(5-2)8-9-19-12-7-6-11(14)10-13(12)20(17,18)15-3/h6-7,10,15H,4-5,8-9,14H2,1-3H3. The van der Waals surface area contributed by atoms with Gasteiger partial charge in [0.25, 0.3) is 0 Å². The predicted molar refractivity (Wildman–Crippen MR) is 85.6 cm³/mol. The second kappa shape index (κ2) is 7.87. The van der Waals surface area contributed by atoms with Gasteiger partial charge in [0.15, 0.2) is 0 Å². The van der Waals surface area contributed by atoms with Crippen molar-refractivity contribution in [2.45, 2.75) is 23.6 Å². The summed E-state index contributed by atoms with van der Waals surface area (Å²) in [5.74, 6) is 0.845. The van der Waals surface area contributed by atoms with Gasteiger partial charge >= 0.3 is 0 Å². The Labute approximate surface area is 126 Å². The van der Waals surface area contributed by atoms with Crippen LogP contribution in [0.15, 0.2) is 28.0 Å². The summed E-state index contributed by atoms with van der Waals surface area (Å²) in [5.41, 5.74) is 6.14. The molecule has 0 radical (unpaired) electrons. The molecule has 0 fully saturated rings. The van der Waals surface area contributed by atoms with Crippen LogP contribution in [0.4, 0.5) is 5.69 Å². The number of sulfonamides is 1. The normalized spacial score (nSPS) is 12.0. The smallest absolute Gasteiger partial charge is 0.241 e. The van der Waals surface area contributed by atoms with Crippen molar-refractivity contribution in [1.82, 2.24) is 9.62 Å². The molecule has 0 atom stereocenters. The van der Waals surface area contributed by atoms with Crippen LogP contribution in [-0.2, 0) is 10.0 Å². The van der Waals surface area contributed by atoms with E-state index in [1.807, 2.05) is 0 Å². The van der Waals surface area contributed by atoms with Crippen LogP contribution in [0.25, 0.3) is 0 Å². The molecule has 0 spiro atoms. The third-order valence-corrected chi connectivity index (χ3v) is 5.72. The summed E-state index contributed by atoms with van der Waals surface area (Å²) in [6.07, 6.45) is 0. The molecule has 5 nitrogen and oxygen atoms in total. The zero-order valence-corrected chi connectivity index (χ0v) is 13.9. The Morgan fingerprint density at radius 3 is 2.50 bits per heavy atom. The van der Waals surface area contributed by atoms with Gasteiger partial charge in [-0.15, -0.1) is 11.8 Å². The first-order valence-electron chi connectivity index (χ1n) is 6.62. The number of nitrogens with two attached hydrogens (primary N) is 1. The molecule has 20 heavy (non-hydrogen) atoms. The van der Waals surface area contributed by atoms with E-state index in [1.54, 1.807) is 23.9 Å². The fraction of sp³-hybridized carbons (Fsp3) is 0.538. The number of thioether (sulfide) groups is 1. The van der Waals surface area contributed by atoms with Crippen molar-refractivity contribution in [2.24, 2.45) is 0 Å². The van der Waals surface area contributed by atoms with Gasteiger partial charge in [0.1, 0.15) is 0 Å². The van der Waals surface area contributed by atoms with E-state index in [4.69, 9.17) is 5.73 Å². The molecule has 0 aromatic heterocycles. The van der Waals surface area contributed by atoms with Crippen LogP contribution < -0.4 is 10.5 Å². The van der Waals surface area contributed by atoms with E-state index >= 15 is 0 Å². The fourth-order valence-electron chi connectivity index (χ4n) is 1.79. The summed E-state index contributed by atoms with van der Waals surface area (Å²) in [6, 6.07) is 5.01. The monoisotopic (exact) mass is 317 g/mol. The molecule has 0 aliphatic rings. The van der Waals surface area contributed by atoms with Crippen LogP contribution in [0.5, 0.6) is 0 Å². The molecule has 114 valence electrons. The van der Waals surface area contributed by atoms with Crippen LogP contribution in [0.3, 0.4) is 0 Å². The highest BCUT2D eigenvalue weighted by Crippen LogP contribution is 2.28. The average molecular weight is 317 g/mol. The van der Waals surface area contributed by atoms with E-state index in [2.05, 4.69) is 23.5 Å². The highest BCUT2D eigenvalue weighted by Gasteiger charge is 2.17. The molecule has 0 unspecified atom stereocenters. The molecule has 7 heteroatoms. The van der Waals surface area contributed by atoms with Gasteiger partial charge in [-0.2, -0.15) is 0 Å². The number of anilines is 1. The zero-order chi connectivity index (χ0) is 15.2. The van der Waals surface area contributed by atoms with E-state index < -0.39 is 10.0 Å². The van der Waals surface area contributed by atoms with Crippen molar-refractivity contribution in [2.75, 3.05) is 38.2 Å². The SMILES string of the molecule is CCN(CC)CCSc1ccc(N)cc1S(=O)(=O)NC. The molecule has 0 amide bonds. The average Bonchev–Trinajstić information content (AvgIpc) is 2.45. The summed E-state index contributed by atoms with van der Waals surface area (Å²) < 4.78 is 26.3. The molecule has 0 saturated carbocycles. The fourth-order valence-corrected chi connectivity index (χ4v) is 4.07. The van der Waals surface area contributed by atoms with E-state index in [-0.39, 0.29) is 4.90 Å². The molecular formula is C13H23N3O2S2. The Morgan fingerprint density at radius 1 is 1.30 bits per heavy atom. The first-order chi connectivity index (χ1) is 9.44. The number of hydrogen-bond donors (Lipinski definition) is 2. The summed E-state index contributed by atoms with van der Waals surface area (Å²) in [7, 11) is -2.07. The van der Waals surface area contributed by atoms with Gasteiger partial charge in [-0.05, 0) is 38.3 Å². The molecular weight excluding hydrogens is 294 g/mol. The summed E-state index contributed by atoms with van der Waals surface area (Å²) in [6.45, 7) is 7.17. The van der Waals surface area contributed by atoms with Crippen LogP contribution in [-0.4, -0.2) is 45.8 Å². The van der Waals surface area contributed by atoms with Gasteiger partial charge in [0.05, 0.1) is 4.90 Å². The molecule has 3 N–H and O–H groups in total. The van der Waals surface area contributed by atoms with Crippen molar-refractivity contribution in [3.8, 4) is 0 Å². The predicted octanol–water partition coefficient (Wildman–Crippen LogP) is 1.61. The van der Waals surface area contributed by atoms with Gasteiger partial charge in [0, 0.05) is 22.9 Å². The minimum absolute atomic E-state index is 0.254. The quantitative estimate of drug-likeness (QED) is 0.563. The van der Waals surface area contributed by atoms with Gasteiger partial charge < -0.3 is 10.6 Å². The first kappa shape index (κ1) is 17.3. The van der Waals surface area contributed by atoms with Gasteiger partial charge in [0.2, 0.25) is 10.0 Å². The molecule has 0 saturated heterocycles. The summed E-state index contributed by atoms with van der Waals surface area (Å²) >= 11 is 1.54. The third kappa shape index (κ3) is 4.66. The van der Waals surface area contributed by atoms with E-state index in [9.17, 15) is 8.42 Å². The van der Waals surface area contributed by atoms with Crippen molar-refractivity contribution < 1.29 is 8.42 Å². The van der Waals surface area contributed by atoms with Gasteiger partial charge in [-0.25, -0.2) is 13.1 Å². The molecule has 0 aliphatic carbocycles. The maximum absolute atomic E-state index is 12.0. The summed E-state index contributed by atoms with van der Waals surface area (Å²) in [5, 5.41) is 0. The van der Waals surface area contributed by atoms with E-state index in [0.717, 1.165) is 30.3 Å². The Bertz CT molecular complexity index is 528. The number of rotatable bonds is 8. The Balaban J connectivity index is 2.85. The highest BCUT2D eigenvalue weighted by atomic mass is 32.2. The Morgan fingerprint density at radius 2 is 1.95 bits per heavy atom. The minimum atomic E-state index is -3.48. The van der Waals surface area contributed by atoms with Crippen LogP contribution in [0, 0.1) is 0 Å². The van der Waals surface area contributed by atoms with E-state index in [0.29, 0.717) is 5.69 Å². The van der Waals surface area contributed by atoms with Crippen molar-refractivity contribution in [3.05, 3.63) is 18.2 Å². The number of nitrogens with one attached hydrogen (secondary N) is 1. The summed E-state index contributed by atoms with van der Waals surface area (Å²) in [4.78, 5) is 3.29. The van der Waals surface area contributed by atoms with Gasteiger partial charge in [-0.1, -0.05) is 13.8 Å². The number of nitrogen functional groups attached to an aromatic ring is 1. The minimum Gasteiger partial charge on any atom is -0.399 e. The molecule has 0 bridgehead atoms. The molecule has 0 aliphatic heterocycles. The topological polar surface area (TPSA) is 75.4 Å². The lowest BCUT2D eigenvalue weighted by atomic mass is 10.3. The van der Waals surface area contributed by atoms with E-state index in [1.165, 1.54) is 13.1 Å². The van der Waals surface area contributed by atoms with Crippen LogP contribution in [0.2, 0.25) is 0 Å². The maximum atomic E-state index is 12.0. The number of nitrogens with zero attached hydrogens (tertiary/aromatic N) is 1. The van der Waals surface area contributed by atoms with Gasteiger partial charge in [-0.3, -0.25) is 0 Å². The second-order valence-corrected chi connectivity index (χ2v) is 7.28. The lowest BCUT2D eigenvalue weighted by Crippen LogP contribution is -2.25. The molecule has 1 rings (SSSR count). The highest BCUT2D eigenvalue weighted by molar-refractivity contribution is 8.00. The third-order valence-electron chi connectivity index (χ3n) is 3.09. The van der Waals surface area contributed by atoms with Crippen LogP contribution in [0.1, 0.15) is 13.8 Å². The molecule has 1 aromatic carbocycles.